The van der Waals surface area contributed by atoms with Gasteiger partial charge in [0.05, 0.1) is 0 Å². The molecule has 0 radical (unpaired) electrons. The number of amides is 1. The number of carbonyl (C=O) groups excluding carboxylic acids is 1. The second kappa shape index (κ2) is 6.19. The first-order valence-corrected chi connectivity index (χ1v) is 6.71. The monoisotopic (exact) mass is 270 g/mol. The first-order chi connectivity index (χ1) is 9.61. The number of H-pyrrole nitrogens is 1. The van der Waals surface area contributed by atoms with E-state index >= 15 is 0 Å². The third kappa shape index (κ3) is 3.15. The molecule has 2 aromatic rings. The van der Waals surface area contributed by atoms with Crippen molar-refractivity contribution in [2.75, 3.05) is 5.32 Å². The summed E-state index contributed by atoms with van der Waals surface area (Å²) >= 11 is 0. The number of benzene rings is 1. The van der Waals surface area contributed by atoms with Crippen LogP contribution in [-0.4, -0.2) is 10.9 Å². The van der Waals surface area contributed by atoms with Crippen LogP contribution < -0.4 is 10.9 Å². The van der Waals surface area contributed by atoms with Gasteiger partial charge in [-0.25, -0.2) is 0 Å². The van der Waals surface area contributed by atoms with E-state index in [1.54, 1.807) is 18.2 Å². The fourth-order valence-corrected chi connectivity index (χ4v) is 2.07. The predicted molar refractivity (Wildman–Crippen MR) is 80.2 cm³/mol. The van der Waals surface area contributed by atoms with Gasteiger partial charge in [-0.3, -0.25) is 9.59 Å². The summed E-state index contributed by atoms with van der Waals surface area (Å²) in [6, 6.07) is 10.7. The zero-order chi connectivity index (χ0) is 14.5. The van der Waals surface area contributed by atoms with Gasteiger partial charge in [0.15, 0.2) is 0 Å². The molecule has 4 nitrogen and oxygen atoms in total. The van der Waals surface area contributed by atoms with E-state index in [0.717, 1.165) is 24.1 Å². The van der Waals surface area contributed by atoms with E-state index in [2.05, 4.69) is 10.3 Å². The number of aromatic amines is 1. The van der Waals surface area contributed by atoms with Crippen LogP contribution in [0.4, 0.5) is 5.69 Å². The molecule has 0 saturated heterocycles. The molecule has 0 spiro atoms. The standard InChI is InChI=1S/C16H18N2O2/c1-3-7-14-11(2)10-13(16(20)18-14)15(19)17-12-8-5-4-6-9-12/h4-6,8-10H,3,7H2,1-2H3,(H,17,19)(H,18,20). The molecule has 0 aliphatic rings. The first kappa shape index (κ1) is 14.1. The Balaban J connectivity index is 2.27. The van der Waals surface area contributed by atoms with Crippen LogP contribution in [0.25, 0.3) is 0 Å². The number of aryl methyl sites for hydroxylation is 2. The summed E-state index contributed by atoms with van der Waals surface area (Å²) in [7, 11) is 0. The molecule has 0 fully saturated rings. The van der Waals surface area contributed by atoms with E-state index in [9.17, 15) is 9.59 Å². The number of carbonyl (C=O) groups is 1. The number of hydrogen-bond donors (Lipinski definition) is 2. The van der Waals surface area contributed by atoms with E-state index in [0.29, 0.717) is 5.69 Å². The van der Waals surface area contributed by atoms with Crippen molar-refractivity contribution in [3.05, 3.63) is 63.6 Å². The Labute approximate surface area is 117 Å². The van der Waals surface area contributed by atoms with Crippen LogP contribution in [0.2, 0.25) is 0 Å². The topological polar surface area (TPSA) is 62.0 Å². The van der Waals surface area contributed by atoms with Gasteiger partial charge >= 0.3 is 0 Å². The molecule has 20 heavy (non-hydrogen) atoms. The maximum Gasteiger partial charge on any atom is 0.261 e. The van der Waals surface area contributed by atoms with E-state index < -0.39 is 0 Å². The summed E-state index contributed by atoms with van der Waals surface area (Å²) in [4.78, 5) is 26.9. The maximum absolute atomic E-state index is 12.1. The lowest BCUT2D eigenvalue weighted by atomic mass is 10.1. The van der Waals surface area contributed by atoms with Crippen LogP contribution in [0.1, 0.15) is 35.0 Å². The molecule has 0 aliphatic carbocycles. The normalized spacial score (nSPS) is 10.3. The van der Waals surface area contributed by atoms with Crippen molar-refractivity contribution in [1.29, 1.82) is 0 Å². The van der Waals surface area contributed by atoms with E-state index in [1.807, 2.05) is 32.0 Å². The Bertz CT molecular complexity index is 660. The van der Waals surface area contributed by atoms with Crippen molar-refractivity contribution in [3.8, 4) is 0 Å². The molecule has 0 bridgehead atoms. The SMILES string of the molecule is CCCc1[nH]c(=O)c(C(=O)Nc2ccccc2)cc1C. The van der Waals surface area contributed by atoms with E-state index in [1.165, 1.54) is 0 Å². The van der Waals surface area contributed by atoms with Gasteiger partial charge < -0.3 is 10.3 Å². The minimum absolute atomic E-state index is 0.145. The molecule has 0 unspecified atom stereocenters. The Morgan fingerprint density at radius 1 is 1.25 bits per heavy atom. The highest BCUT2D eigenvalue weighted by atomic mass is 16.2. The van der Waals surface area contributed by atoms with E-state index in [4.69, 9.17) is 0 Å². The van der Waals surface area contributed by atoms with Crippen molar-refractivity contribution in [2.24, 2.45) is 0 Å². The highest BCUT2D eigenvalue weighted by Crippen LogP contribution is 2.10. The number of nitrogens with one attached hydrogen (secondary N) is 2. The molecule has 1 amide bonds. The summed E-state index contributed by atoms with van der Waals surface area (Å²) < 4.78 is 0. The highest BCUT2D eigenvalue weighted by Gasteiger charge is 2.13. The second-order valence-corrected chi connectivity index (χ2v) is 4.74. The van der Waals surface area contributed by atoms with Crippen LogP contribution in [0.15, 0.2) is 41.2 Å². The summed E-state index contributed by atoms with van der Waals surface area (Å²) in [6.07, 6.45) is 1.76. The number of rotatable bonds is 4. The molecule has 1 aromatic heterocycles. The summed E-state index contributed by atoms with van der Waals surface area (Å²) in [6.45, 7) is 3.95. The molecular formula is C16H18N2O2. The molecule has 2 rings (SSSR count). The van der Waals surface area contributed by atoms with Crippen molar-refractivity contribution >= 4 is 11.6 Å². The van der Waals surface area contributed by atoms with Gasteiger partial charge in [-0.05, 0) is 37.1 Å². The van der Waals surface area contributed by atoms with Gasteiger partial charge in [-0.15, -0.1) is 0 Å². The van der Waals surface area contributed by atoms with Crippen LogP contribution >= 0.6 is 0 Å². The number of hydrogen-bond acceptors (Lipinski definition) is 2. The van der Waals surface area contributed by atoms with Crippen LogP contribution in [0, 0.1) is 6.92 Å². The molecule has 1 aromatic carbocycles. The minimum Gasteiger partial charge on any atom is -0.325 e. The van der Waals surface area contributed by atoms with Crippen LogP contribution in [0.5, 0.6) is 0 Å². The lowest BCUT2D eigenvalue weighted by Crippen LogP contribution is -2.24. The van der Waals surface area contributed by atoms with Gasteiger partial charge in [0, 0.05) is 11.4 Å². The molecular weight excluding hydrogens is 252 g/mol. The lowest BCUT2D eigenvalue weighted by Gasteiger charge is -2.08. The van der Waals surface area contributed by atoms with Crippen molar-refractivity contribution < 1.29 is 4.79 Å². The van der Waals surface area contributed by atoms with E-state index in [-0.39, 0.29) is 17.0 Å². The molecule has 1 heterocycles. The lowest BCUT2D eigenvalue weighted by molar-refractivity contribution is 0.102. The summed E-state index contributed by atoms with van der Waals surface area (Å²) in [5.74, 6) is -0.386. The molecule has 104 valence electrons. The smallest absolute Gasteiger partial charge is 0.261 e. The van der Waals surface area contributed by atoms with Gasteiger partial charge in [0.2, 0.25) is 0 Å². The molecule has 0 aliphatic heterocycles. The van der Waals surface area contributed by atoms with Crippen molar-refractivity contribution in [3.63, 3.8) is 0 Å². The van der Waals surface area contributed by atoms with Gasteiger partial charge in [0.1, 0.15) is 5.56 Å². The first-order valence-electron chi connectivity index (χ1n) is 6.71. The zero-order valence-electron chi connectivity index (χ0n) is 11.7. The van der Waals surface area contributed by atoms with Crippen molar-refractivity contribution in [2.45, 2.75) is 26.7 Å². The maximum atomic E-state index is 12.1. The average molecular weight is 270 g/mol. The predicted octanol–water partition coefficient (Wildman–Crippen LogP) is 2.89. The zero-order valence-corrected chi connectivity index (χ0v) is 11.7. The third-order valence-corrected chi connectivity index (χ3v) is 3.12. The fraction of sp³-hybridized carbons (Fsp3) is 0.250. The Kier molecular flexibility index (Phi) is 4.35. The number of para-hydroxylation sites is 1. The number of pyridine rings is 1. The number of aromatic nitrogens is 1. The van der Waals surface area contributed by atoms with Gasteiger partial charge in [0.25, 0.3) is 11.5 Å². The molecule has 0 saturated carbocycles. The summed E-state index contributed by atoms with van der Waals surface area (Å²) in [5.41, 5.74) is 2.31. The third-order valence-electron chi connectivity index (χ3n) is 3.12. The quantitative estimate of drug-likeness (QED) is 0.897. The summed E-state index contributed by atoms with van der Waals surface area (Å²) in [5, 5.41) is 2.72. The second-order valence-electron chi connectivity index (χ2n) is 4.74. The highest BCUT2D eigenvalue weighted by molar-refractivity contribution is 6.04. The van der Waals surface area contributed by atoms with Crippen LogP contribution in [0.3, 0.4) is 0 Å². The number of anilines is 1. The Morgan fingerprint density at radius 2 is 1.95 bits per heavy atom. The fourth-order valence-electron chi connectivity index (χ4n) is 2.07. The molecule has 2 N–H and O–H groups in total. The van der Waals surface area contributed by atoms with Crippen molar-refractivity contribution in [1.82, 2.24) is 4.98 Å². The minimum atomic E-state index is -0.386. The molecule has 4 heteroatoms. The largest absolute Gasteiger partial charge is 0.325 e. The Hall–Kier alpha value is -2.36. The molecule has 0 atom stereocenters. The van der Waals surface area contributed by atoms with Gasteiger partial charge in [-0.1, -0.05) is 31.5 Å². The van der Waals surface area contributed by atoms with Gasteiger partial charge in [-0.2, -0.15) is 0 Å². The average Bonchev–Trinajstić information content (AvgIpc) is 2.43. The Morgan fingerprint density at radius 3 is 2.60 bits per heavy atom. The van der Waals surface area contributed by atoms with Crippen LogP contribution in [-0.2, 0) is 6.42 Å².